The van der Waals surface area contributed by atoms with Crippen molar-refractivity contribution in [2.75, 3.05) is 18.6 Å². The Hall–Kier alpha value is -1.11. The van der Waals surface area contributed by atoms with Crippen LogP contribution in [0.25, 0.3) is 0 Å². The number of carbonyl (C=O) groups is 2. The fourth-order valence-electron chi connectivity index (χ4n) is 1.95. The molecule has 0 saturated carbocycles. The highest BCUT2D eigenvalue weighted by atomic mass is 32.2. The summed E-state index contributed by atoms with van der Waals surface area (Å²) in [5.41, 5.74) is 0. The van der Waals surface area contributed by atoms with E-state index in [1.54, 1.807) is 0 Å². The average Bonchev–Trinajstić information content (AvgIpc) is 2.63. The normalized spacial score (nSPS) is 20.5. The van der Waals surface area contributed by atoms with E-state index in [1.807, 2.05) is 0 Å². The monoisotopic (exact) mass is 263 g/mol. The van der Waals surface area contributed by atoms with Crippen LogP contribution in [0.5, 0.6) is 0 Å². The van der Waals surface area contributed by atoms with Crippen molar-refractivity contribution in [2.45, 2.75) is 31.7 Å². The van der Waals surface area contributed by atoms with Gasteiger partial charge in [-0.25, -0.2) is 13.2 Å². The van der Waals surface area contributed by atoms with Crippen LogP contribution in [-0.4, -0.2) is 54.9 Å². The van der Waals surface area contributed by atoms with Gasteiger partial charge in [0.05, 0.1) is 5.75 Å². The number of likely N-dealkylation sites (tertiary alicyclic amines) is 1. The largest absolute Gasteiger partial charge is 0.480 e. The highest BCUT2D eigenvalue weighted by molar-refractivity contribution is 7.90. The number of carboxylic acids is 1. The van der Waals surface area contributed by atoms with Crippen LogP contribution in [0.4, 0.5) is 0 Å². The number of aliphatic carboxylic acids is 1. The van der Waals surface area contributed by atoms with Crippen LogP contribution in [-0.2, 0) is 19.4 Å². The maximum absolute atomic E-state index is 11.7. The summed E-state index contributed by atoms with van der Waals surface area (Å²) in [4.78, 5) is 23.9. The van der Waals surface area contributed by atoms with E-state index in [9.17, 15) is 18.0 Å². The molecule has 1 heterocycles. The lowest BCUT2D eigenvalue weighted by Crippen LogP contribution is -2.40. The summed E-state index contributed by atoms with van der Waals surface area (Å²) in [5, 5.41) is 8.90. The van der Waals surface area contributed by atoms with E-state index in [0.29, 0.717) is 19.4 Å². The number of sulfone groups is 1. The van der Waals surface area contributed by atoms with E-state index in [0.717, 1.165) is 6.26 Å². The first-order valence-corrected chi connectivity index (χ1v) is 7.57. The standard InChI is InChI=1S/C10H17NO5S/c1-17(15,16)7-3-5-9(12)11-6-2-4-8(11)10(13)14/h8H,2-7H2,1H3,(H,13,14)/t8-/m1/s1. The van der Waals surface area contributed by atoms with Crippen molar-refractivity contribution in [3.63, 3.8) is 0 Å². The first-order valence-electron chi connectivity index (χ1n) is 5.51. The van der Waals surface area contributed by atoms with Gasteiger partial charge in [-0.05, 0) is 19.3 Å². The van der Waals surface area contributed by atoms with Crippen LogP contribution in [0.1, 0.15) is 25.7 Å². The van der Waals surface area contributed by atoms with Crippen molar-refractivity contribution < 1.29 is 23.1 Å². The van der Waals surface area contributed by atoms with E-state index >= 15 is 0 Å². The van der Waals surface area contributed by atoms with Gasteiger partial charge in [-0.15, -0.1) is 0 Å². The third-order valence-electron chi connectivity index (χ3n) is 2.76. The topological polar surface area (TPSA) is 91.8 Å². The Balaban J connectivity index is 2.45. The van der Waals surface area contributed by atoms with Crippen molar-refractivity contribution >= 4 is 21.7 Å². The maximum Gasteiger partial charge on any atom is 0.326 e. The summed E-state index contributed by atoms with van der Waals surface area (Å²) in [6, 6.07) is -0.735. The molecule has 0 aromatic carbocycles. The average molecular weight is 263 g/mol. The van der Waals surface area contributed by atoms with Crippen molar-refractivity contribution in [3.05, 3.63) is 0 Å². The van der Waals surface area contributed by atoms with Gasteiger partial charge in [0.25, 0.3) is 0 Å². The summed E-state index contributed by atoms with van der Waals surface area (Å²) < 4.78 is 21.8. The molecular formula is C10H17NO5S. The van der Waals surface area contributed by atoms with Gasteiger partial charge in [-0.2, -0.15) is 0 Å². The third kappa shape index (κ3) is 4.33. The molecule has 0 radical (unpaired) electrons. The molecule has 0 bridgehead atoms. The zero-order valence-electron chi connectivity index (χ0n) is 9.76. The Morgan fingerprint density at radius 3 is 2.59 bits per heavy atom. The molecule has 0 aromatic heterocycles. The smallest absolute Gasteiger partial charge is 0.326 e. The van der Waals surface area contributed by atoms with E-state index in [-0.39, 0.29) is 24.5 Å². The summed E-state index contributed by atoms with van der Waals surface area (Å²) >= 11 is 0. The molecule has 0 spiro atoms. The van der Waals surface area contributed by atoms with Crippen molar-refractivity contribution in [3.8, 4) is 0 Å². The molecule has 1 N–H and O–H groups in total. The number of carboxylic acid groups (broad SMARTS) is 1. The lowest BCUT2D eigenvalue weighted by Gasteiger charge is -2.21. The maximum atomic E-state index is 11.7. The highest BCUT2D eigenvalue weighted by Gasteiger charge is 2.33. The minimum Gasteiger partial charge on any atom is -0.480 e. The minimum absolute atomic E-state index is 0.0374. The Labute approximate surface area is 101 Å². The van der Waals surface area contributed by atoms with Crippen molar-refractivity contribution in [2.24, 2.45) is 0 Å². The van der Waals surface area contributed by atoms with Crippen molar-refractivity contribution in [1.29, 1.82) is 0 Å². The second kappa shape index (κ2) is 5.48. The molecular weight excluding hydrogens is 246 g/mol. The fraction of sp³-hybridized carbons (Fsp3) is 0.800. The van der Waals surface area contributed by atoms with E-state index in [4.69, 9.17) is 5.11 Å². The molecule has 1 rings (SSSR count). The highest BCUT2D eigenvalue weighted by Crippen LogP contribution is 2.18. The molecule has 6 nitrogen and oxygen atoms in total. The quantitative estimate of drug-likeness (QED) is 0.747. The van der Waals surface area contributed by atoms with Crippen molar-refractivity contribution in [1.82, 2.24) is 4.90 Å². The molecule has 0 aromatic rings. The van der Waals surface area contributed by atoms with E-state index in [1.165, 1.54) is 4.90 Å². The van der Waals surface area contributed by atoms with Crippen LogP contribution in [0, 0.1) is 0 Å². The lowest BCUT2D eigenvalue weighted by molar-refractivity contribution is -0.148. The van der Waals surface area contributed by atoms with Crippen LogP contribution in [0.15, 0.2) is 0 Å². The second-order valence-corrected chi connectivity index (χ2v) is 6.58. The predicted octanol–water partition coefficient (Wildman–Crippen LogP) is -0.113. The molecule has 1 amide bonds. The first-order chi connectivity index (χ1) is 7.81. The summed E-state index contributed by atoms with van der Waals surface area (Å²) in [7, 11) is -3.06. The Morgan fingerprint density at radius 2 is 2.06 bits per heavy atom. The number of hydrogen-bond acceptors (Lipinski definition) is 4. The van der Waals surface area contributed by atoms with Gasteiger partial charge < -0.3 is 10.0 Å². The zero-order chi connectivity index (χ0) is 13.1. The van der Waals surface area contributed by atoms with Gasteiger partial charge in [0, 0.05) is 19.2 Å². The Morgan fingerprint density at radius 1 is 1.41 bits per heavy atom. The van der Waals surface area contributed by atoms with Crippen LogP contribution in [0.3, 0.4) is 0 Å². The van der Waals surface area contributed by atoms with Gasteiger partial charge in [0.2, 0.25) is 5.91 Å². The molecule has 17 heavy (non-hydrogen) atoms. The Bertz CT molecular complexity index is 403. The predicted molar refractivity (Wildman–Crippen MR) is 61.3 cm³/mol. The molecule has 7 heteroatoms. The van der Waals surface area contributed by atoms with Gasteiger partial charge in [0.15, 0.2) is 0 Å². The zero-order valence-corrected chi connectivity index (χ0v) is 10.6. The molecule has 1 saturated heterocycles. The molecule has 1 aliphatic heterocycles. The van der Waals surface area contributed by atoms with Crippen LogP contribution in [0.2, 0.25) is 0 Å². The molecule has 1 atom stereocenters. The summed E-state index contributed by atoms with van der Waals surface area (Å²) in [5.74, 6) is -1.29. The van der Waals surface area contributed by atoms with Gasteiger partial charge in [-0.1, -0.05) is 0 Å². The number of amides is 1. The molecule has 0 unspecified atom stereocenters. The van der Waals surface area contributed by atoms with Gasteiger partial charge in [0.1, 0.15) is 15.9 Å². The van der Waals surface area contributed by atoms with Gasteiger partial charge in [-0.3, -0.25) is 4.79 Å². The molecule has 98 valence electrons. The number of nitrogens with zero attached hydrogens (tertiary/aromatic N) is 1. The lowest BCUT2D eigenvalue weighted by atomic mass is 10.2. The Kier molecular flexibility index (Phi) is 4.50. The molecule has 1 fully saturated rings. The van der Waals surface area contributed by atoms with Crippen LogP contribution < -0.4 is 0 Å². The van der Waals surface area contributed by atoms with E-state index in [2.05, 4.69) is 0 Å². The number of rotatable bonds is 5. The fourth-order valence-corrected chi connectivity index (χ4v) is 2.62. The summed E-state index contributed by atoms with van der Waals surface area (Å²) in [6.45, 7) is 0.453. The first kappa shape index (κ1) is 14.0. The van der Waals surface area contributed by atoms with Crippen LogP contribution >= 0.6 is 0 Å². The summed E-state index contributed by atoms with van der Waals surface area (Å²) in [6.07, 6.45) is 2.63. The molecule has 0 aliphatic carbocycles. The van der Waals surface area contributed by atoms with E-state index < -0.39 is 21.8 Å². The SMILES string of the molecule is CS(=O)(=O)CCCC(=O)N1CCC[C@@H]1C(=O)O. The number of hydrogen-bond donors (Lipinski definition) is 1. The van der Waals surface area contributed by atoms with Gasteiger partial charge >= 0.3 is 5.97 Å². The molecule has 1 aliphatic rings. The third-order valence-corrected chi connectivity index (χ3v) is 3.79. The number of carbonyl (C=O) groups excluding carboxylic acids is 1. The minimum atomic E-state index is -3.06. The second-order valence-electron chi connectivity index (χ2n) is 4.32.